The Bertz CT molecular complexity index is 1110. The molecule has 3 aromatic rings. The van der Waals surface area contributed by atoms with Gasteiger partial charge in [0.05, 0.1) is 12.1 Å². The van der Waals surface area contributed by atoms with Crippen LogP contribution in [0.2, 0.25) is 0 Å². The number of fused-ring (bicyclic) bond motifs is 1. The Kier molecular flexibility index (Phi) is 5.63. The third-order valence-electron chi connectivity index (χ3n) is 4.05. The zero-order valence-corrected chi connectivity index (χ0v) is 15.4. The second-order valence-corrected chi connectivity index (χ2v) is 6.49. The Morgan fingerprint density at radius 2 is 1.93 bits per heavy atom. The molecule has 7 nitrogen and oxygen atoms in total. The number of nitrogens with one attached hydrogen (secondary N) is 2. The van der Waals surface area contributed by atoms with Crippen molar-refractivity contribution in [1.29, 1.82) is 0 Å². The molecule has 0 radical (unpaired) electrons. The summed E-state index contributed by atoms with van der Waals surface area (Å²) in [5, 5.41) is 12.4. The van der Waals surface area contributed by atoms with E-state index in [4.69, 9.17) is 9.52 Å². The minimum absolute atomic E-state index is 0.140. The highest BCUT2D eigenvalue weighted by Gasteiger charge is 2.36. The van der Waals surface area contributed by atoms with Crippen LogP contribution in [0.25, 0.3) is 22.6 Å². The molecule has 3 N–H and O–H groups in total. The number of carboxylic acid groups (broad SMARTS) is 1. The number of alkyl halides is 3. The van der Waals surface area contributed by atoms with Gasteiger partial charge in [-0.25, -0.2) is 19.0 Å². The van der Waals surface area contributed by atoms with Crippen LogP contribution in [0.5, 0.6) is 0 Å². The standard InChI is InChI=1S/C19H15F4N3O4/c1-9-2-5-15-13(6-9)24-16(30-15)10-3-4-12(11(20)7-10)25-18(29)26-14(17(27)28)8-19(21,22)23/h2-7,14H,8H2,1H3,(H,27,28)(H2,25,26,29). The average molecular weight is 425 g/mol. The fourth-order valence-electron chi connectivity index (χ4n) is 2.66. The maximum Gasteiger partial charge on any atom is 0.391 e. The maximum absolute atomic E-state index is 14.4. The van der Waals surface area contributed by atoms with Crippen molar-refractivity contribution < 1.29 is 36.7 Å². The number of aromatic nitrogens is 1. The van der Waals surface area contributed by atoms with Crippen LogP contribution in [0.15, 0.2) is 40.8 Å². The summed E-state index contributed by atoms with van der Waals surface area (Å²) in [6.07, 6.45) is -6.57. The predicted molar refractivity (Wildman–Crippen MR) is 98.4 cm³/mol. The number of halogens is 4. The summed E-state index contributed by atoms with van der Waals surface area (Å²) in [5.74, 6) is -2.64. The zero-order valence-electron chi connectivity index (χ0n) is 15.4. The molecule has 30 heavy (non-hydrogen) atoms. The summed E-state index contributed by atoms with van der Waals surface area (Å²) in [5.41, 5.74) is 1.95. The summed E-state index contributed by atoms with van der Waals surface area (Å²) in [6, 6.07) is 5.40. The fraction of sp³-hybridized carbons (Fsp3) is 0.211. The molecule has 3 rings (SSSR count). The highest BCUT2D eigenvalue weighted by atomic mass is 19.4. The molecule has 1 atom stereocenters. The van der Waals surface area contributed by atoms with E-state index in [1.165, 1.54) is 6.07 Å². The molecule has 0 spiro atoms. The van der Waals surface area contributed by atoms with Gasteiger partial charge < -0.3 is 20.2 Å². The minimum Gasteiger partial charge on any atom is -0.480 e. The SMILES string of the molecule is Cc1ccc2oc(-c3ccc(NC(=O)NC(CC(F)(F)F)C(=O)O)c(F)c3)nc2c1. The van der Waals surface area contributed by atoms with E-state index in [1.54, 1.807) is 17.4 Å². The van der Waals surface area contributed by atoms with E-state index >= 15 is 0 Å². The van der Waals surface area contributed by atoms with Crippen molar-refractivity contribution >= 4 is 28.8 Å². The second kappa shape index (κ2) is 8.01. The molecule has 0 saturated carbocycles. The van der Waals surface area contributed by atoms with E-state index in [1.807, 2.05) is 18.3 Å². The van der Waals surface area contributed by atoms with Gasteiger partial charge in [0.25, 0.3) is 0 Å². The zero-order chi connectivity index (χ0) is 22.1. The van der Waals surface area contributed by atoms with Gasteiger partial charge in [0.2, 0.25) is 5.89 Å². The Morgan fingerprint density at radius 1 is 1.20 bits per heavy atom. The molecule has 11 heteroatoms. The number of carboxylic acids is 1. The van der Waals surface area contributed by atoms with Crippen LogP contribution in [-0.4, -0.2) is 34.3 Å². The summed E-state index contributed by atoms with van der Waals surface area (Å²) in [6.45, 7) is 1.88. The smallest absolute Gasteiger partial charge is 0.391 e. The lowest BCUT2D eigenvalue weighted by Gasteiger charge is -2.17. The van der Waals surface area contributed by atoms with Crippen molar-refractivity contribution in [3.8, 4) is 11.5 Å². The first kappa shape index (κ1) is 21.1. The highest BCUT2D eigenvalue weighted by molar-refractivity contribution is 5.92. The lowest BCUT2D eigenvalue weighted by Crippen LogP contribution is -2.45. The molecule has 1 aromatic heterocycles. The van der Waals surface area contributed by atoms with Crippen molar-refractivity contribution in [1.82, 2.24) is 10.3 Å². The van der Waals surface area contributed by atoms with Crippen LogP contribution in [0, 0.1) is 12.7 Å². The van der Waals surface area contributed by atoms with E-state index in [9.17, 15) is 27.2 Å². The average Bonchev–Trinajstić information content (AvgIpc) is 3.04. The number of aryl methyl sites for hydroxylation is 1. The van der Waals surface area contributed by atoms with Crippen molar-refractivity contribution in [3.63, 3.8) is 0 Å². The van der Waals surface area contributed by atoms with Gasteiger partial charge in [0, 0.05) is 5.56 Å². The highest BCUT2D eigenvalue weighted by Crippen LogP contribution is 2.28. The first-order valence-corrected chi connectivity index (χ1v) is 8.56. The summed E-state index contributed by atoms with van der Waals surface area (Å²) in [4.78, 5) is 27.0. The molecule has 158 valence electrons. The van der Waals surface area contributed by atoms with Gasteiger partial charge in [0.1, 0.15) is 17.4 Å². The number of aliphatic carboxylic acids is 1. The summed E-state index contributed by atoms with van der Waals surface area (Å²) < 4.78 is 57.1. The summed E-state index contributed by atoms with van der Waals surface area (Å²) >= 11 is 0. The third kappa shape index (κ3) is 5.04. The first-order chi connectivity index (χ1) is 14.0. The van der Waals surface area contributed by atoms with Crippen LogP contribution in [0.3, 0.4) is 0 Å². The second-order valence-electron chi connectivity index (χ2n) is 6.49. The Labute approximate surface area is 166 Å². The molecule has 2 aromatic carbocycles. The quantitative estimate of drug-likeness (QED) is 0.524. The van der Waals surface area contributed by atoms with Crippen molar-refractivity contribution in [3.05, 3.63) is 47.8 Å². The van der Waals surface area contributed by atoms with Gasteiger partial charge in [-0.1, -0.05) is 6.07 Å². The van der Waals surface area contributed by atoms with E-state index in [-0.39, 0.29) is 17.1 Å². The van der Waals surface area contributed by atoms with E-state index in [0.29, 0.717) is 11.1 Å². The van der Waals surface area contributed by atoms with E-state index in [2.05, 4.69) is 4.98 Å². The number of rotatable bonds is 5. The van der Waals surface area contributed by atoms with Crippen LogP contribution in [0.4, 0.5) is 28.0 Å². The normalized spacial score (nSPS) is 12.6. The molecule has 0 aliphatic carbocycles. The van der Waals surface area contributed by atoms with Gasteiger partial charge in [-0.3, -0.25) is 0 Å². The van der Waals surface area contributed by atoms with Gasteiger partial charge in [-0.15, -0.1) is 0 Å². The monoisotopic (exact) mass is 425 g/mol. The molecular weight excluding hydrogens is 410 g/mol. The van der Waals surface area contributed by atoms with Crippen LogP contribution >= 0.6 is 0 Å². The minimum atomic E-state index is -4.80. The number of carbonyl (C=O) groups excluding carboxylic acids is 1. The van der Waals surface area contributed by atoms with Gasteiger partial charge >= 0.3 is 18.2 Å². The van der Waals surface area contributed by atoms with Crippen molar-refractivity contribution in [2.45, 2.75) is 25.6 Å². The largest absolute Gasteiger partial charge is 0.480 e. The predicted octanol–water partition coefficient (Wildman–Crippen LogP) is 4.47. The third-order valence-corrected chi connectivity index (χ3v) is 4.05. The number of oxazole rings is 1. The van der Waals surface area contributed by atoms with Crippen molar-refractivity contribution in [2.24, 2.45) is 0 Å². The van der Waals surface area contributed by atoms with Crippen LogP contribution < -0.4 is 10.6 Å². The number of nitrogens with zero attached hydrogens (tertiary/aromatic N) is 1. The lowest BCUT2D eigenvalue weighted by atomic mass is 10.2. The number of amides is 2. The number of urea groups is 1. The van der Waals surface area contributed by atoms with Gasteiger partial charge in [-0.05, 0) is 42.8 Å². The van der Waals surface area contributed by atoms with Gasteiger partial charge in [0.15, 0.2) is 5.58 Å². The molecule has 0 bridgehead atoms. The van der Waals surface area contributed by atoms with Gasteiger partial charge in [-0.2, -0.15) is 13.2 Å². The number of benzene rings is 2. The first-order valence-electron chi connectivity index (χ1n) is 8.56. The lowest BCUT2D eigenvalue weighted by molar-refractivity contribution is -0.157. The molecule has 0 aliphatic heterocycles. The molecule has 2 amide bonds. The number of hydrogen-bond acceptors (Lipinski definition) is 4. The molecule has 1 unspecified atom stereocenters. The topological polar surface area (TPSA) is 104 Å². The van der Waals surface area contributed by atoms with Crippen LogP contribution in [-0.2, 0) is 4.79 Å². The molecular formula is C19H15F4N3O4. The summed E-state index contributed by atoms with van der Waals surface area (Å²) in [7, 11) is 0. The number of hydrogen-bond donors (Lipinski definition) is 3. The Balaban J connectivity index is 1.74. The molecule has 0 saturated heterocycles. The van der Waals surface area contributed by atoms with Crippen LogP contribution in [0.1, 0.15) is 12.0 Å². The fourth-order valence-corrected chi connectivity index (χ4v) is 2.66. The van der Waals surface area contributed by atoms with E-state index in [0.717, 1.165) is 17.7 Å². The Morgan fingerprint density at radius 3 is 2.57 bits per heavy atom. The molecule has 0 fully saturated rings. The number of anilines is 1. The molecule has 0 aliphatic rings. The number of carbonyl (C=O) groups is 2. The molecule has 1 heterocycles. The Hall–Kier alpha value is -3.63. The van der Waals surface area contributed by atoms with Crippen molar-refractivity contribution in [2.75, 3.05) is 5.32 Å². The van der Waals surface area contributed by atoms with E-state index < -0.39 is 36.5 Å². The maximum atomic E-state index is 14.4.